The fourth-order valence-electron chi connectivity index (χ4n) is 2.78. The molecule has 3 aromatic heterocycles. The van der Waals surface area contributed by atoms with Gasteiger partial charge in [0.15, 0.2) is 5.82 Å². The first kappa shape index (κ1) is 18.6. The Bertz CT molecular complexity index is 1200. The summed E-state index contributed by atoms with van der Waals surface area (Å²) in [4.78, 5) is 23.7. The van der Waals surface area contributed by atoms with Crippen molar-refractivity contribution < 1.29 is 4.79 Å². The largest absolute Gasteiger partial charge is 0.348 e. The predicted octanol–water partition coefficient (Wildman–Crippen LogP) is 2.03. The van der Waals surface area contributed by atoms with Gasteiger partial charge in [0.2, 0.25) is 0 Å². The number of carbonyl (C=O) groups excluding carboxylic acids is 1. The summed E-state index contributed by atoms with van der Waals surface area (Å²) in [7, 11) is 0. The van der Waals surface area contributed by atoms with Crippen LogP contribution in [-0.4, -0.2) is 35.7 Å². The maximum absolute atomic E-state index is 12.6. The summed E-state index contributed by atoms with van der Waals surface area (Å²) in [6, 6.07) is 10.2. The highest BCUT2D eigenvalue weighted by Gasteiger charge is 2.16. The van der Waals surface area contributed by atoms with E-state index in [1.165, 1.54) is 23.0 Å². The second kappa shape index (κ2) is 7.72. The second-order valence-electron chi connectivity index (χ2n) is 6.29. The van der Waals surface area contributed by atoms with Crippen LogP contribution in [-0.2, 0) is 6.54 Å². The fourth-order valence-corrected chi connectivity index (χ4v) is 2.91. The number of halogens is 1. The third-order valence-electron chi connectivity index (χ3n) is 4.32. The van der Waals surface area contributed by atoms with E-state index in [9.17, 15) is 9.59 Å². The lowest BCUT2D eigenvalue weighted by atomic mass is 10.2. The van der Waals surface area contributed by atoms with Gasteiger partial charge in [-0.25, -0.2) is 14.5 Å². The van der Waals surface area contributed by atoms with Crippen LogP contribution in [0.1, 0.15) is 21.6 Å². The molecule has 0 radical (unpaired) electrons. The molecule has 0 aliphatic carbocycles. The molecule has 1 amide bonds. The normalized spacial score (nSPS) is 10.8. The van der Waals surface area contributed by atoms with E-state index in [2.05, 4.69) is 25.7 Å². The highest BCUT2D eigenvalue weighted by atomic mass is 35.5. The smallest absolute Gasteiger partial charge is 0.264 e. The summed E-state index contributed by atoms with van der Waals surface area (Å²) in [5.74, 6) is 0.155. The number of hydrogen-bond acceptors (Lipinski definition) is 5. The molecule has 4 rings (SSSR count). The average molecular weight is 410 g/mol. The van der Waals surface area contributed by atoms with Gasteiger partial charge >= 0.3 is 0 Å². The molecule has 0 bridgehead atoms. The van der Waals surface area contributed by atoms with Crippen LogP contribution in [0.5, 0.6) is 0 Å². The summed E-state index contributed by atoms with van der Waals surface area (Å²) in [5.41, 5.74) is 2.44. The molecule has 9 nitrogen and oxygen atoms in total. The lowest BCUT2D eigenvalue weighted by Crippen LogP contribution is -2.23. The van der Waals surface area contributed by atoms with E-state index in [0.29, 0.717) is 28.6 Å². The summed E-state index contributed by atoms with van der Waals surface area (Å²) in [6.45, 7) is 2.07. The highest BCUT2D eigenvalue weighted by molar-refractivity contribution is 6.30. The number of aromatic nitrogens is 6. The number of nitrogens with one attached hydrogen (secondary N) is 2. The van der Waals surface area contributed by atoms with E-state index >= 15 is 0 Å². The molecule has 0 aliphatic heterocycles. The second-order valence-corrected chi connectivity index (χ2v) is 6.72. The third kappa shape index (κ3) is 3.94. The molecule has 10 heteroatoms. The van der Waals surface area contributed by atoms with Crippen LogP contribution >= 0.6 is 11.6 Å². The van der Waals surface area contributed by atoms with E-state index in [-0.39, 0.29) is 11.5 Å². The number of aromatic amines is 1. The van der Waals surface area contributed by atoms with Crippen molar-refractivity contribution in [3.63, 3.8) is 0 Å². The molecule has 0 saturated heterocycles. The Labute approximate surface area is 169 Å². The number of amides is 1. The molecule has 2 N–H and O–H groups in total. The van der Waals surface area contributed by atoms with Crippen molar-refractivity contribution in [3.05, 3.63) is 87.2 Å². The van der Waals surface area contributed by atoms with E-state index in [1.54, 1.807) is 29.9 Å². The van der Waals surface area contributed by atoms with Crippen molar-refractivity contribution in [2.45, 2.75) is 13.5 Å². The zero-order valence-electron chi connectivity index (χ0n) is 15.3. The van der Waals surface area contributed by atoms with Crippen molar-refractivity contribution in [2.75, 3.05) is 0 Å². The van der Waals surface area contributed by atoms with Crippen LogP contribution in [0.25, 0.3) is 11.5 Å². The van der Waals surface area contributed by atoms with E-state index in [4.69, 9.17) is 11.6 Å². The Morgan fingerprint density at radius 1 is 1.14 bits per heavy atom. The van der Waals surface area contributed by atoms with Crippen LogP contribution in [0.2, 0.25) is 5.02 Å². The minimum absolute atomic E-state index is 0.266. The highest BCUT2D eigenvalue weighted by Crippen LogP contribution is 2.14. The number of carbonyl (C=O) groups is 1. The van der Waals surface area contributed by atoms with Gasteiger partial charge in [-0.1, -0.05) is 11.6 Å². The number of nitrogens with zero attached hydrogens (tertiary/aromatic N) is 5. The molecule has 0 aliphatic rings. The van der Waals surface area contributed by atoms with Crippen LogP contribution in [0.3, 0.4) is 0 Å². The van der Waals surface area contributed by atoms with Crippen LogP contribution < -0.4 is 10.9 Å². The molecule has 0 unspecified atom stereocenters. The van der Waals surface area contributed by atoms with Gasteiger partial charge in [0, 0.05) is 29.4 Å². The van der Waals surface area contributed by atoms with E-state index in [1.807, 2.05) is 18.3 Å². The Hall–Kier alpha value is -3.72. The maximum atomic E-state index is 12.6. The molecule has 0 saturated carbocycles. The van der Waals surface area contributed by atoms with Gasteiger partial charge in [-0.3, -0.25) is 9.59 Å². The molecule has 146 valence electrons. The van der Waals surface area contributed by atoms with Gasteiger partial charge in [0.25, 0.3) is 11.5 Å². The summed E-state index contributed by atoms with van der Waals surface area (Å²) in [5, 5.41) is 18.3. The molecule has 3 heterocycles. The van der Waals surface area contributed by atoms with Crippen LogP contribution in [0.15, 0.2) is 59.8 Å². The SMILES string of the molecule is Cc1c(C(=O)NCc2cnn(-c3ccc(Cl)cc3)c2)cnn1-c1ccc(=O)[nH]n1. The van der Waals surface area contributed by atoms with Gasteiger partial charge in [0.1, 0.15) is 0 Å². The van der Waals surface area contributed by atoms with Gasteiger partial charge in [-0.2, -0.15) is 15.3 Å². The van der Waals surface area contributed by atoms with Crippen molar-refractivity contribution in [3.8, 4) is 11.5 Å². The number of H-pyrrole nitrogens is 1. The lowest BCUT2D eigenvalue weighted by molar-refractivity contribution is 0.0950. The molecule has 0 spiro atoms. The Morgan fingerprint density at radius 3 is 2.66 bits per heavy atom. The molecule has 29 heavy (non-hydrogen) atoms. The Kier molecular flexibility index (Phi) is 4.96. The first-order valence-corrected chi connectivity index (χ1v) is 9.07. The summed E-state index contributed by atoms with van der Waals surface area (Å²) in [6.07, 6.45) is 4.99. The summed E-state index contributed by atoms with van der Waals surface area (Å²) >= 11 is 5.90. The first-order valence-electron chi connectivity index (χ1n) is 8.70. The van der Waals surface area contributed by atoms with Gasteiger partial charge < -0.3 is 5.32 Å². The minimum Gasteiger partial charge on any atom is -0.348 e. The molecule has 0 fully saturated rings. The predicted molar refractivity (Wildman–Crippen MR) is 106 cm³/mol. The average Bonchev–Trinajstić information content (AvgIpc) is 3.34. The molecular weight excluding hydrogens is 394 g/mol. The number of rotatable bonds is 5. The topological polar surface area (TPSA) is 110 Å². The van der Waals surface area contributed by atoms with Gasteiger partial charge in [-0.05, 0) is 37.3 Å². The van der Waals surface area contributed by atoms with Gasteiger partial charge in [-0.15, -0.1) is 0 Å². The first-order chi connectivity index (χ1) is 14.0. The van der Waals surface area contributed by atoms with Crippen molar-refractivity contribution in [1.29, 1.82) is 0 Å². The molecule has 0 atom stereocenters. The Balaban J connectivity index is 1.45. The summed E-state index contributed by atoms with van der Waals surface area (Å²) < 4.78 is 3.20. The van der Waals surface area contributed by atoms with Crippen molar-refractivity contribution >= 4 is 17.5 Å². The Morgan fingerprint density at radius 2 is 1.93 bits per heavy atom. The zero-order valence-corrected chi connectivity index (χ0v) is 16.1. The monoisotopic (exact) mass is 409 g/mol. The van der Waals surface area contributed by atoms with E-state index in [0.717, 1.165) is 11.3 Å². The minimum atomic E-state index is -0.310. The standard InChI is InChI=1S/C19H16ClN7O2/c1-12-16(10-23-27(12)17-6-7-18(28)25-24-17)19(29)21-8-13-9-22-26(11-13)15-4-2-14(20)3-5-15/h2-7,9-11H,8H2,1H3,(H,21,29)(H,25,28). The quantitative estimate of drug-likeness (QED) is 0.524. The number of hydrogen-bond donors (Lipinski definition) is 2. The van der Waals surface area contributed by atoms with Crippen LogP contribution in [0, 0.1) is 6.92 Å². The van der Waals surface area contributed by atoms with Crippen molar-refractivity contribution in [1.82, 2.24) is 35.1 Å². The van der Waals surface area contributed by atoms with Gasteiger partial charge in [0.05, 0.1) is 29.3 Å². The maximum Gasteiger partial charge on any atom is 0.264 e. The lowest BCUT2D eigenvalue weighted by Gasteiger charge is -2.05. The van der Waals surface area contributed by atoms with Crippen LogP contribution in [0.4, 0.5) is 0 Å². The van der Waals surface area contributed by atoms with Crippen molar-refractivity contribution in [2.24, 2.45) is 0 Å². The third-order valence-corrected chi connectivity index (χ3v) is 4.57. The van der Waals surface area contributed by atoms with E-state index < -0.39 is 0 Å². The molecular formula is C19H16ClN7O2. The zero-order chi connectivity index (χ0) is 20.4. The number of benzene rings is 1. The molecule has 1 aromatic carbocycles. The molecule has 4 aromatic rings. The fraction of sp³-hybridized carbons (Fsp3) is 0.105.